The van der Waals surface area contributed by atoms with Crippen molar-refractivity contribution < 1.29 is 14.0 Å². The minimum atomic E-state index is -0.746. The smallest absolute Gasteiger partial charge is 0.278 e. The van der Waals surface area contributed by atoms with Gasteiger partial charge in [0.25, 0.3) is 11.8 Å². The van der Waals surface area contributed by atoms with Gasteiger partial charge in [-0.3, -0.25) is 9.59 Å². The molecule has 1 fully saturated rings. The molecule has 0 saturated heterocycles. The van der Waals surface area contributed by atoms with Gasteiger partial charge >= 0.3 is 0 Å². The molecule has 3 aromatic rings. The second-order valence-electron chi connectivity index (χ2n) is 6.71. The molecule has 2 amide bonds. The number of benzene rings is 1. The molecular weight excluding hydrogens is 389 g/mol. The number of rotatable bonds is 6. The van der Waals surface area contributed by atoms with Crippen molar-refractivity contribution in [2.45, 2.75) is 18.8 Å². The van der Waals surface area contributed by atoms with E-state index in [0.717, 1.165) is 18.9 Å². The SMILES string of the molecule is CNC(=O)c1c(F)cccc1NC(=O)c1nc(C2CC2)cnc1Nc1cncnc1. The number of carbonyl (C=O) groups is 2. The quantitative estimate of drug-likeness (QED) is 0.574. The molecule has 0 bridgehead atoms. The van der Waals surface area contributed by atoms with Gasteiger partial charge in [0.15, 0.2) is 11.5 Å². The second kappa shape index (κ2) is 8.19. The molecule has 1 aliphatic rings. The summed E-state index contributed by atoms with van der Waals surface area (Å²) in [6.07, 6.45) is 8.03. The fraction of sp³-hybridized carbons (Fsp3) is 0.200. The van der Waals surface area contributed by atoms with E-state index in [1.807, 2.05) is 0 Å². The Kier molecular flexibility index (Phi) is 5.29. The molecule has 1 saturated carbocycles. The van der Waals surface area contributed by atoms with Gasteiger partial charge in [-0.2, -0.15) is 0 Å². The number of anilines is 3. The topological polar surface area (TPSA) is 122 Å². The Bertz CT molecular complexity index is 1100. The summed E-state index contributed by atoms with van der Waals surface area (Å²) >= 11 is 0. The molecule has 9 nitrogen and oxygen atoms in total. The van der Waals surface area contributed by atoms with Crippen LogP contribution in [0.2, 0.25) is 0 Å². The van der Waals surface area contributed by atoms with Crippen molar-refractivity contribution in [1.29, 1.82) is 0 Å². The molecule has 1 aliphatic carbocycles. The molecule has 0 spiro atoms. The summed E-state index contributed by atoms with van der Waals surface area (Å²) in [5.41, 5.74) is 1.03. The Hall–Kier alpha value is -3.95. The summed E-state index contributed by atoms with van der Waals surface area (Å²) in [6.45, 7) is 0. The highest BCUT2D eigenvalue weighted by atomic mass is 19.1. The Balaban J connectivity index is 1.69. The molecule has 2 aromatic heterocycles. The van der Waals surface area contributed by atoms with Crippen LogP contribution in [-0.4, -0.2) is 38.8 Å². The normalized spacial score (nSPS) is 12.9. The molecule has 0 radical (unpaired) electrons. The lowest BCUT2D eigenvalue weighted by molar-refractivity contribution is 0.0960. The first kappa shape index (κ1) is 19.4. The highest BCUT2D eigenvalue weighted by Gasteiger charge is 2.28. The zero-order valence-electron chi connectivity index (χ0n) is 16.0. The van der Waals surface area contributed by atoms with Crippen molar-refractivity contribution in [2.24, 2.45) is 0 Å². The monoisotopic (exact) mass is 407 g/mol. The van der Waals surface area contributed by atoms with Crippen LogP contribution in [0.25, 0.3) is 0 Å². The molecule has 30 heavy (non-hydrogen) atoms. The lowest BCUT2D eigenvalue weighted by atomic mass is 10.1. The third-order valence-corrected chi connectivity index (χ3v) is 4.54. The molecule has 1 aromatic carbocycles. The predicted octanol–water partition coefficient (Wildman–Crippen LogP) is 2.64. The first-order valence-corrected chi connectivity index (χ1v) is 9.27. The Labute approximate surface area is 171 Å². The molecule has 4 rings (SSSR count). The molecule has 0 atom stereocenters. The van der Waals surface area contributed by atoms with Crippen LogP contribution in [0, 0.1) is 5.82 Å². The Morgan fingerprint density at radius 1 is 1.10 bits per heavy atom. The average Bonchev–Trinajstić information content (AvgIpc) is 3.60. The van der Waals surface area contributed by atoms with Gasteiger partial charge in [0.1, 0.15) is 12.1 Å². The Morgan fingerprint density at radius 3 is 2.57 bits per heavy atom. The van der Waals surface area contributed by atoms with E-state index in [4.69, 9.17) is 0 Å². The fourth-order valence-corrected chi connectivity index (χ4v) is 2.89. The summed E-state index contributed by atoms with van der Waals surface area (Å²) in [4.78, 5) is 41.8. The number of nitrogens with zero attached hydrogens (tertiary/aromatic N) is 4. The predicted molar refractivity (Wildman–Crippen MR) is 107 cm³/mol. The summed E-state index contributed by atoms with van der Waals surface area (Å²) in [5.74, 6) is -1.55. The lowest BCUT2D eigenvalue weighted by Crippen LogP contribution is -2.24. The van der Waals surface area contributed by atoms with Crippen LogP contribution in [0.3, 0.4) is 0 Å². The van der Waals surface area contributed by atoms with E-state index >= 15 is 0 Å². The number of nitrogens with one attached hydrogen (secondary N) is 3. The first-order valence-electron chi connectivity index (χ1n) is 9.27. The van der Waals surface area contributed by atoms with Crippen molar-refractivity contribution in [2.75, 3.05) is 17.7 Å². The number of aromatic nitrogens is 4. The zero-order valence-corrected chi connectivity index (χ0v) is 16.0. The standard InChI is InChI=1S/C20H18FN7O2/c1-22-19(29)16-13(21)3-2-4-14(16)28-20(30)17-18(26-12-7-23-10-24-8-12)25-9-15(27-17)11-5-6-11/h2-4,7-11H,5-6H2,1H3,(H,22,29)(H,25,26)(H,28,30). The van der Waals surface area contributed by atoms with E-state index in [0.29, 0.717) is 11.4 Å². The molecule has 0 aliphatic heterocycles. The summed E-state index contributed by atoms with van der Waals surface area (Å²) < 4.78 is 14.2. The molecule has 2 heterocycles. The van der Waals surface area contributed by atoms with E-state index in [2.05, 4.69) is 35.9 Å². The molecule has 10 heteroatoms. The van der Waals surface area contributed by atoms with Crippen molar-refractivity contribution >= 4 is 29.0 Å². The molecule has 3 N–H and O–H groups in total. The minimum Gasteiger partial charge on any atom is -0.355 e. The van der Waals surface area contributed by atoms with Crippen molar-refractivity contribution in [1.82, 2.24) is 25.3 Å². The summed E-state index contributed by atoms with van der Waals surface area (Å²) in [7, 11) is 1.38. The van der Waals surface area contributed by atoms with Crippen LogP contribution in [0.1, 0.15) is 45.3 Å². The molecule has 152 valence electrons. The van der Waals surface area contributed by atoms with E-state index < -0.39 is 17.6 Å². The average molecular weight is 407 g/mol. The minimum absolute atomic E-state index is 0.0235. The van der Waals surface area contributed by atoms with Gasteiger partial charge in [0.05, 0.1) is 41.2 Å². The van der Waals surface area contributed by atoms with Gasteiger partial charge in [-0.05, 0) is 25.0 Å². The molecular formula is C20H18FN7O2. The van der Waals surface area contributed by atoms with Gasteiger partial charge in [-0.1, -0.05) is 6.07 Å². The van der Waals surface area contributed by atoms with E-state index in [1.165, 1.54) is 37.9 Å². The van der Waals surface area contributed by atoms with Crippen molar-refractivity contribution in [3.05, 3.63) is 65.9 Å². The van der Waals surface area contributed by atoms with Crippen LogP contribution in [0.4, 0.5) is 21.6 Å². The van der Waals surface area contributed by atoms with Crippen LogP contribution in [-0.2, 0) is 0 Å². The lowest BCUT2D eigenvalue weighted by Gasteiger charge is -2.14. The second-order valence-corrected chi connectivity index (χ2v) is 6.71. The van der Waals surface area contributed by atoms with Crippen LogP contribution < -0.4 is 16.0 Å². The largest absolute Gasteiger partial charge is 0.355 e. The van der Waals surface area contributed by atoms with Crippen LogP contribution >= 0.6 is 0 Å². The van der Waals surface area contributed by atoms with E-state index in [9.17, 15) is 14.0 Å². The highest BCUT2D eigenvalue weighted by molar-refractivity contribution is 6.10. The van der Waals surface area contributed by atoms with Crippen molar-refractivity contribution in [3.8, 4) is 0 Å². The van der Waals surface area contributed by atoms with Gasteiger partial charge in [-0.15, -0.1) is 0 Å². The maximum atomic E-state index is 14.2. The third-order valence-electron chi connectivity index (χ3n) is 4.54. The number of hydrogen-bond donors (Lipinski definition) is 3. The first-order chi connectivity index (χ1) is 14.6. The fourth-order valence-electron chi connectivity index (χ4n) is 2.89. The highest BCUT2D eigenvalue weighted by Crippen LogP contribution is 2.39. The Morgan fingerprint density at radius 2 is 1.87 bits per heavy atom. The van der Waals surface area contributed by atoms with E-state index in [1.54, 1.807) is 6.20 Å². The maximum absolute atomic E-state index is 14.2. The van der Waals surface area contributed by atoms with Gasteiger partial charge in [0, 0.05) is 13.0 Å². The summed E-state index contributed by atoms with van der Waals surface area (Å²) in [6, 6.07) is 4.00. The van der Waals surface area contributed by atoms with Crippen LogP contribution in [0.15, 0.2) is 43.1 Å². The van der Waals surface area contributed by atoms with Crippen LogP contribution in [0.5, 0.6) is 0 Å². The number of hydrogen-bond acceptors (Lipinski definition) is 7. The van der Waals surface area contributed by atoms with Gasteiger partial charge < -0.3 is 16.0 Å². The maximum Gasteiger partial charge on any atom is 0.278 e. The third kappa shape index (κ3) is 4.07. The number of halogens is 1. The van der Waals surface area contributed by atoms with Crippen molar-refractivity contribution in [3.63, 3.8) is 0 Å². The summed E-state index contributed by atoms with van der Waals surface area (Å²) in [5, 5.41) is 7.92. The number of carbonyl (C=O) groups excluding carboxylic acids is 2. The zero-order chi connectivity index (χ0) is 21.1. The molecule has 0 unspecified atom stereocenters. The van der Waals surface area contributed by atoms with E-state index in [-0.39, 0.29) is 28.7 Å². The van der Waals surface area contributed by atoms with Gasteiger partial charge in [-0.25, -0.2) is 24.3 Å². The van der Waals surface area contributed by atoms with Gasteiger partial charge in [0.2, 0.25) is 0 Å². The number of amides is 2.